The van der Waals surface area contributed by atoms with Crippen LogP contribution < -0.4 is 0 Å². The van der Waals surface area contributed by atoms with E-state index in [0.29, 0.717) is 0 Å². The van der Waals surface area contributed by atoms with E-state index in [-0.39, 0.29) is 0 Å². The highest BCUT2D eigenvalue weighted by Gasteiger charge is 2.16. The van der Waals surface area contributed by atoms with Crippen LogP contribution in [0.3, 0.4) is 0 Å². The first-order valence-corrected chi connectivity index (χ1v) is 13.3. The first kappa shape index (κ1) is 23.1. The van der Waals surface area contributed by atoms with Crippen LogP contribution in [0.4, 0.5) is 0 Å². The fourth-order valence-electron chi connectivity index (χ4n) is 4.30. The minimum Gasteiger partial charge on any atom is -0.457 e. The maximum absolute atomic E-state index is 6.31. The molecule has 0 saturated carbocycles. The van der Waals surface area contributed by atoms with E-state index in [1.807, 2.05) is 12.1 Å². The standard InChI is InChI=1S/C30H26Br2NO/c31-26-11-7-23(8-12-26)25-20-29(34-30(21-25)24-9-13-27(32)14-10-24)17-6-22-4-15-28(16-5-22)33-18-2-1-3-19-33/h4-17,20-21H,1-3,18-19H2/q+1. The summed E-state index contributed by atoms with van der Waals surface area (Å²) in [5.74, 6) is 1.66. The molecule has 2 nitrogen and oxygen atoms in total. The average molecular weight is 576 g/mol. The molecule has 34 heavy (non-hydrogen) atoms. The van der Waals surface area contributed by atoms with Gasteiger partial charge in [0.2, 0.25) is 0 Å². The van der Waals surface area contributed by atoms with Crippen molar-refractivity contribution in [2.24, 2.45) is 0 Å². The van der Waals surface area contributed by atoms with Crippen molar-refractivity contribution in [3.8, 4) is 0 Å². The van der Waals surface area contributed by atoms with E-state index in [2.05, 4.69) is 121 Å². The molecular weight excluding hydrogens is 550 g/mol. The Morgan fingerprint density at radius 3 is 1.94 bits per heavy atom. The third-order valence-electron chi connectivity index (χ3n) is 6.17. The van der Waals surface area contributed by atoms with Gasteiger partial charge >= 0.3 is 0 Å². The Bertz CT molecular complexity index is 1260. The fraction of sp³-hybridized carbons (Fsp3) is 0.167. The van der Waals surface area contributed by atoms with Crippen LogP contribution in [0.5, 0.6) is 0 Å². The molecule has 0 atom stereocenters. The summed E-state index contributed by atoms with van der Waals surface area (Å²) in [6, 6.07) is 16.6. The first-order chi connectivity index (χ1) is 16.6. The maximum atomic E-state index is 6.31. The van der Waals surface area contributed by atoms with Gasteiger partial charge in [-0.3, -0.25) is 0 Å². The summed E-state index contributed by atoms with van der Waals surface area (Å²) in [5.41, 5.74) is 5.80. The number of rotatable bonds is 3. The van der Waals surface area contributed by atoms with Crippen LogP contribution in [-0.2, 0) is 4.74 Å². The Morgan fingerprint density at radius 2 is 1.29 bits per heavy atom. The predicted octanol–water partition coefficient (Wildman–Crippen LogP) is 8.24. The number of hydrogen-bond acceptors (Lipinski definition) is 1. The van der Waals surface area contributed by atoms with Crippen LogP contribution in [0.15, 0.2) is 117 Å². The second-order valence-electron chi connectivity index (χ2n) is 8.60. The van der Waals surface area contributed by atoms with E-state index in [4.69, 9.17) is 4.74 Å². The highest BCUT2D eigenvalue weighted by Crippen LogP contribution is 2.33. The van der Waals surface area contributed by atoms with E-state index >= 15 is 0 Å². The van der Waals surface area contributed by atoms with Crippen molar-refractivity contribution in [1.82, 2.24) is 0 Å². The Kier molecular flexibility index (Phi) is 7.27. The summed E-state index contributed by atoms with van der Waals surface area (Å²) in [4.78, 5) is 0. The van der Waals surface area contributed by atoms with Crippen LogP contribution in [-0.4, -0.2) is 23.4 Å². The Labute approximate surface area is 218 Å². The van der Waals surface area contributed by atoms with Gasteiger partial charge in [0.05, 0.1) is 0 Å². The number of benzene rings is 2. The molecule has 2 aromatic carbocycles. The zero-order valence-corrected chi connectivity index (χ0v) is 22.1. The quantitative estimate of drug-likeness (QED) is 0.336. The molecule has 1 aliphatic carbocycles. The van der Waals surface area contributed by atoms with Gasteiger partial charge in [-0.1, -0.05) is 62.2 Å². The number of piperidine rings is 1. The van der Waals surface area contributed by atoms with Crippen molar-refractivity contribution in [3.63, 3.8) is 0 Å². The molecule has 3 aliphatic rings. The Hall–Kier alpha value is -2.69. The minimum absolute atomic E-state index is 0.818. The van der Waals surface area contributed by atoms with E-state index < -0.39 is 0 Å². The number of halogens is 2. The van der Waals surface area contributed by atoms with Gasteiger partial charge in [0, 0.05) is 39.5 Å². The summed E-state index contributed by atoms with van der Waals surface area (Å²) in [6.07, 6.45) is 21.2. The zero-order chi connectivity index (χ0) is 23.3. The van der Waals surface area contributed by atoms with Gasteiger partial charge in [-0.05, 0) is 77.8 Å². The predicted molar refractivity (Wildman–Crippen MR) is 149 cm³/mol. The second kappa shape index (κ2) is 10.7. The largest absolute Gasteiger partial charge is 0.457 e. The van der Waals surface area contributed by atoms with Gasteiger partial charge in [0.25, 0.3) is 0 Å². The number of allylic oxidation sites excluding steroid dienone is 10. The van der Waals surface area contributed by atoms with Gasteiger partial charge in [-0.15, -0.1) is 0 Å². The molecule has 0 spiro atoms. The lowest BCUT2D eigenvalue weighted by atomic mass is 10.0. The van der Waals surface area contributed by atoms with Crippen LogP contribution in [0.1, 0.15) is 30.4 Å². The third kappa shape index (κ3) is 5.68. The summed E-state index contributed by atoms with van der Waals surface area (Å²) < 4.78 is 10.9. The molecule has 1 saturated heterocycles. The van der Waals surface area contributed by atoms with Crippen molar-refractivity contribution >= 4 is 48.9 Å². The van der Waals surface area contributed by atoms with Crippen molar-refractivity contribution in [2.45, 2.75) is 19.3 Å². The normalized spacial score (nSPS) is 19.1. The van der Waals surface area contributed by atoms with Crippen LogP contribution in [0.25, 0.3) is 11.3 Å². The molecule has 0 radical (unpaired) electrons. The molecule has 1 fully saturated rings. The first-order valence-electron chi connectivity index (χ1n) is 11.7. The molecule has 0 unspecified atom stereocenters. The molecule has 0 aromatic heterocycles. The molecule has 170 valence electrons. The van der Waals surface area contributed by atoms with Crippen molar-refractivity contribution in [2.75, 3.05) is 13.1 Å². The molecule has 4 heteroatoms. The fourth-order valence-corrected chi connectivity index (χ4v) is 4.82. The number of ether oxygens (including phenoxy) is 1. The van der Waals surface area contributed by atoms with Gasteiger partial charge in [0.1, 0.15) is 24.6 Å². The van der Waals surface area contributed by atoms with Crippen LogP contribution >= 0.6 is 31.9 Å². The van der Waals surface area contributed by atoms with Crippen LogP contribution in [0, 0.1) is 0 Å². The highest BCUT2D eigenvalue weighted by atomic mass is 79.9. The summed E-state index contributed by atoms with van der Waals surface area (Å²) in [6.45, 7) is 2.32. The molecule has 5 rings (SSSR count). The topological polar surface area (TPSA) is 12.2 Å². The lowest BCUT2D eigenvalue weighted by molar-refractivity contribution is -0.535. The second-order valence-corrected chi connectivity index (χ2v) is 10.4. The number of nitrogens with zero attached hydrogens (tertiary/aromatic N) is 1. The molecule has 0 amide bonds. The van der Waals surface area contributed by atoms with E-state index in [0.717, 1.165) is 55.8 Å². The van der Waals surface area contributed by atoms with Gasteiger partial charge < -0.3 is 4.74 Å². The Morgan fingerprint density at radius 1 is 0.676 bits per heavy atom. The van der Waals surface area contributed by atoms with Crippen LogP contribution in [0.2, 0.25) is 0 Å². The van der Waals surface area contributed by atoms with E-state index in [1.54, 1.807) is 0 Å². The SMILES string of the molecule is Brc1ccc(C2=CC(=CC=C3C=CC(=[N+]4CCCCC4)C=C3)OC(c3ccc(Br)cc3)=C2)cc1. The summed E-state index contributed by atoms with van der Waals surface area (Å²) in [5, 5.41) is 0. The molecule has 0 N–H and O–H groups in total. The van der Waals surface area contributed by atoms with Crippen molar-refractivity contribution in [1.29, 1.82) is 0 Å². The summed E-state index contributed by atoms with van der Waals surface area (Å²) in [7, 11) is 0. The summed E-state index contributed by atoms with van der Waals surface area (Å²) >= 11 is 7.06. The number of hydrogen-bond donors (Lipinski definition) is 0. The molecular formula is C30H26Br2NO+. The van der Waals surface area contributed by atoms with E-state index in [1.165, 1.54) is 25.0 Å². The third-order valence-corrected chi connectivity index (χ3v) is 7.23. The highest BCUT2D eigenvalue weighted by molar-refractivity contribution is 9.10. The van der Waals surface area contributed by atoms with Crippen molar-refractivity contribution in [3.05, 3.63) is 129 Å². The molecule has 0 bridgehead atoms. The lowest BCUT2D eigenvalue weighted by Crippen LogP contribution is -2.25. The lowest BCUT2D eigenvalue weighted by Gasteiger charge is -2.18. The van der Waals surface area contributed by atoms with Gasteiger partial charge in [-0.2, -0.15) is 0 Å². The minimum atomic E-state index is 0.818. The monoisotopic (exact) mass is 574 g/mol. The van der Waals surface area contributed by atoms with Gasteiger partial charge in [-0.25, -0.2) is 4.58 Å². The van der Waals surface area contributed by atoms with Crippen molar-refractivity contribution < 1.29 is 9.31 Å². The zero-order valence-electron chi connectivity index (χ0n) is 18.9. The molecule has 2 heterocycles. The smallest absolute Gasteiger partial charge is 0.199 e. The average Bonchev–Trinajstić information content (AvgIpc) is 2.89. The van der Waals surface area contributed by atoms with E-state index in [9.17, 15) is 0 Å². The maximum Gasteiger partial charge on any atom is 0.199 e. The van der Waals surface area contributed by atoms with Gasteiger partial charge in [0.15, 0.2) is 5.71 Å². The Balaban J connectivity index is 1.43. The molecule has 2 aliphatic heterocycles. The molecule has 2 aromatic rings.